The van der Waals surface area contributed by atoms with Crippen LogP contribution in [-0.4, -0.2) is 28.8 Å². The number of nitrogens with zero attached hydrogens (tertiary/aromatic N) is 1. The van der Waals surface area contributed by atoms with Gasteiger partial charge in [0, 0.05) is 3.57 Å². The van der Waals surface area contributed by atoms with Crippen molar-refractivity contribution in [3.63, 3.8) is 0 Å². The second kappa shape index (κ2) is 8.37. The highest BCUT2D eigenvalue weighted by Gasteiger charge is 2.23. The molecule has 1 fully saturated rings. The van der Waals surface area contributed by atoms with Crippen LogP contribution < -0.4 is 10.1 Å². The average Bonchev–Trinajstić information content (AvgIpc) is 2.95. The summed E-state index contributed by atoms with van der Waals surface area (Å²) in [6.07, 6.45) is 1.75. The summed E-state index contributed by atoms with van der Waals surface area (Å²) in [5, 5.41) is 11.9. The van der Waals surface area contributed by atoms with Gasteiger partial charge in [-0.1, -0.05) is 12.1 Å². The molecule has 2 N–H and O–H groups in total. The smallest absolute Gasteiger partial charge is 0.341 e. The lowest BCUT2D eigenvalue weighted by atomic mass is 10.2. The van der Waals surface area contributed by atoms with Gasteiger partial charge in [-0.25, -0.2) is 9.79 Å². The Morgan fingerprint density at radius 2 is 1.88 bits per heavy atom. The van der Waals surface area contributed by atoms with E-state index in [0.717, 1.165) is 14.8 Å². The molecule has 0 aliphatic carbocycles. The zero-order valence-electron chi connectivity index (χ0n) is 13.3. The maximum absolute atomic E-state index is 12.1. The molecule has 26 heavy (non-hydrogen) atoms. The van der Waals surface area contributed by atoms with Crippen LogP contribution in [0.3, 0.4) is 0 Å². The van der Waals surface area contributed by atoms with E-state index < -0.39 is 12.6 Å². The lowest BCUT2D eigenvalue weighted by Crippen LogP contribution is -2.19. The van der Waals surface area contributed by atoms with Gasteiger partial charge in [0.2, 0.25) is 0 Å². The number of thioether (sulfide) groups is 1. The van der Waals surface area contributed by atoms with Crippen molar-refractivity contribution in [2.45, 2.75) is 0 Å². The zero-order chi connectivity index (χ0) is 18.5. The molecule has 1 aliphatic rings. The van der Waals surface area contributed by atoms with Crippen LogP contribution in [0.25, 0.3) is 6.08 Å². The molecule has 2 aromatic carbocycles. The van der Waals surface area contributed by atoms with E-state index in [1.54, 1.807) is 30.3 Å². The number of rotatable bonds is 5. The Hall–Kier alpha value is -2.33. The third-order valence-electron chi connectivity index (χ3n) is 3.25. The Morgan fingerprint density at radius 1 is 1.19 bits per heavy atom. The fourth-order valence-electron chi connectivity index (χ4n) is 2.07. The Morgan fingerprint density at radius 3 is 2.54 bits per heavy atom. The number of amides is 1. The quantitative estimate of drug-likeness (QED) is 0.504. The first-order chi connectivity index (χ1) is 12.5. The number of halogens is 1. The Labute approximate surface area is 167 Å². The lowest BCUT2D eigenvalue weighted by Gasteiger charge is -2.03. The Kier molecular flexibility index (Phi) is 5.94. The number of carboxylic acids is 1. The summed E-state index contributed by atoms with van der Waals surface area (Å²) in [6, 6.07) is 14.5. The largest absolute Gasteiger partial charge is 0.482 e. The number of hydrogen-bond acceptors (Lipinski definition) is 5. The van der Waals surface area contributed by atoms with Gasteiger partial charge in [0.05, 0.1) is 10.6 Å². The van der Waals surface area contributed by atoms with Gasteiger partial charge in [0.15, 0.2) is 11.8 Å². The normalized spacial score (nSPS) is 16.7. The summed E-state index contributed by atoms with van der Waals surface area (Å²) < 4.78 is 6.20. The summed E-state index contributed by atoms with van der Waals surface area (Å²) in [5.74, 6) is -0.778. The molecule has 8 heteroatoms. The summed E-state index contributed by atoms with van der Waals surface area (Å²) in [5.41, 5.74) is 1.58. The summed E-state index contributed by atoms with van der Waals surface area (Å²) >= 11 is 3.49. The SMILES string of the molecule is O=C(O)COc1ccc(/C=C2/SC(=Nc3ccc(I)cc3)NC2=O)cc1. The van der Waals surface area contributed by atoms with Gasteiger partial charge in [-0.15, -0.1) is 0 Å². The predicted molar refractivity (Wildman–Crippen MR) is 110 cm³/mol. The number of hydrogen-bond donors (Lipinski definition) is 2. The predicted octanol–water partition coefficient (Wildman–Crippen LogP) is 3.65. The number of aliphatic carboxylic acids is 1. The van der Waals surface area contributed by atoms with Crippen LogP contribution in [0.1, 0.15) is 5.56 Å². The monoisotopic (exact) mass is 480 g/mol. The molecule has 0 unspecified atom stereocenters. The van der Waals surface area contributed by atoms with Crippen LogP contribution in [-0.2, 0) is 9.59 Å². The third kappa shape index (κ3) is 5.09. The van der Waals surface area contributed by atoms with E-state index in [1.165, 1.54) is 11.8 Å². The molecule has 1 aliphatic heterocycles. The first-order valence-electron chi connectivity index (χ1n) is 7.49. The maximum Gasteiger partial charge on any atom is 0.341 e. The molecule has 0 bridgehead atoms. The van der Waals surface area contributed by atoms with Crippen molar-refractivity contribution in [3.05, 3.63) is 62.6 Å². The van der Waals surface area contributed by atoms with Crippen molar-refractivity contribution in [3.8, 4) is 5.75 Å². The van der Waals surface area contributed by atoms with E-state index in [0.29, 0.717) is 15.8 Å². The molecule has 132 valence electrons. The molecule has 0 spiro atoms. The molecular formula is C18H13IN2O4S. The van der Waals surface area contributed by atoms with Crippen molar-refractivity contribution in [1.29, 1.82) is 0 Å². The van der Waals surface area contributed by atoms with Gasteiger partial charge >= 0.3 is 5.97 Å². The van der Waals surface area contributed by atoms with Gasteiger partial charge < -0.3 is 15.2 Å². The van der Waals surface area contributed by atoms with Crippen LogP contribution in [0.2, 0.25) is 0 Å². The second-order valence-corrected chi connectivity index (χ2v) is 7.49. The van der Waals surface area contributed by atoms with Crippen molar-refractivity contribution in [1.82, 2.24) is 5.32 Å². The van der Waals surface area contributed by atoms with Crippen molar-refractivity contribution in [2.75, 3.05) is 6.61 Å². The fraction of sp³-hybridized carbons (Fsp3) is 0.0556. The fourth-order valence-corrected chi connectivity index (χ4v) is 3.27. The number of benzene rings is 2. The molecule has 1 amide bonds. The van der Waals surface area contributed by atoms with E-state index >= 15 is 0 Å². The number of carbonyl (C=O) groups is 2. The molecule has 1 heterocycles. The molecule has 6 nitrogen and oxygen atoms in total. The number of carboxylic acid groups (broad SMARTS) is 1. The molecule has 2 aromatic rings. The highest BCUT2D eigenvalue weighted by molar-refractivity contribution is 14.1. The van der Waals surface area contributed by atoms with Crippen LogP contribution in [0.15, 0.2) is 58.4 Å². The van der Waals surface area contributed by atoms with E-state index in [1.807, 2.05) is 24.3 Å². The molecule has 0 atom stereocenters. The highest BCUT2D eigenvalue weighted by Crippen LogP contribution is 2.28. The number of amidine groups is 1. The molecule has 0 aromatic heterocycles. The highest BCUT2D eigenvalue weighted by atomic mass is 127. The summed E-state index contributed by atoms with van der Waals surface area (Å²) in [4.78, 5) is 27.6. The molecule has 3 rings (SSSR count). The number of nitrogens with one attached hydrogen (secondary N) is 1. The lowest BCUT2D eigenvalue weighted by molar-refractivity contribution is -0.139. The minimum atomic E-state index is -1.03. The number of carbonyl (C=O) groups excluding carboxylic acids is 1. The van der Waals surface area contributed by atoms with Crippen LogP contribution in [0.4, 0.5) is 5.69 Å². The van der Waals surface area contributed by atoms with E-state index in [4.69, 9.17) is 9.84 Å². The van der Waals surface area contributed by atoms with E-state index in [2.05, 4.69) is 32.9 Å². The average molecular weight is 480 g/mol. The maximum atomic E-state index is 12.1. The first kappa shape index (κ1) is 18.5. The van der Waals surface area contributed by atoms with Gasteiger partial charge in [0.1, 0.15) is 5.75 Å². The van der Waals surface area contributed by atoms with Crippen molar-refractivity contribution < 1.29 is 19.4 Å². The van der Waals surface area contributed by atoms with Crippen molar-refractivity contribution in [2.24, 2.45) is 4.99 Å². The molecule has 0 radical (unpaired) electrons. The van der Waals surface area contributed by atoms with E-state index in [9.17, 15) is 9.59 Å². The first-order valence-corrected chi connectivity index (χ1v) is 9.39. The van der Waals surface area contributed by atoms with Crippen LogP contribution in [0, 0.1) is 3.57 Å². The summed E-state index contributed by atoms with van der Waals surface area (Å²) in [7, 11) is 0. The summed E-state index contributed by atoms with van der Waals surface area (Å²) in [6.45, 7) is -0.392. The minimum Gasteiger partial charge on any atom is -0.482 e. The topological polar surface area (TPSA) is 88.0 Å². The van der Waals surface area contributed by atoms with Gasteiger partial charge in [-0.3, -0.25) is 4.79 Å². The molecule has 0 saturated carbocycles. The molecular weight excluding hydrogens is 467 g/mol. The number of aliphatic imine (C=N–C) groups is 1. The van der Waals surface area contributed by atoms with E-state index in [-0.39, 0.29) is 5.91 Å². The standard InChI is InChI=1S/C18H13IN2O4S/c19-12-3-5-13(6-4-12)20-18-21-17(24)15(26-18)9-11-1-7-14(8-2-11)25-10-16(22)23/h1-9H,10H2,(H,22,23)(H,20,21,24)/b15-9+. The number of ether oxygens (including phenoxy) is 1. The van der Waals surface area contributed by atoms with Crippen LogP contribution in [0.5, 0.6) is 5.75 Å². The van der Waals surface area contributed by atoms with Gasteiger partial charge in [0.25, 0.3) is 5.91 Å². The third-order valence-corrected chi connectivity index (χ3v) is 4.88. The Balaban J connectivity index is 1.70. The minimum absolute atomic E-state index is 0.203. The zero-order valence-corrected chi connectivity index (χ0v) is 16.3. The van der Waals surface area contributed by atoms with Crippen molar-refractivity contribution >= 4 is 63.2 Å². The second-order valence-electron chi connectivity index (χ2n) is 5.21. The molecule has 1 saturated heterocycles. The van der Waals surface area contributed by atoms with Crippen LogP contribution >= 0.6 is 34.4 Å². The Bertz CT molecular complexity index is 892. The van der Waals surface area contributed by atoms with Gasteiger partial charge in [-0.05, 0) is 82.4 Å². The van der Waals surface area contributed by atoms with Gasteiger partial charge in [-0.2, -0.15) is 0 Å².